The zero-order valence-corrected chi connectivity index (χ0v) is 8.53. The molecule has 0 unspecified atom stereocenters. The van der Waals surface area contributed by atoms with E-state index in [0.29, 0.717) is 0 Å². The third kappa shape index (κ3) is 2.62. The summed E-state index contributed by atoms with van der Waals surface area (Å²) in [5.74, 6) is -0.564. The van der Waals surface area contributed by atoms with Crippen molar-refractivity contribution in [1.29, 1.82) is 0 Å². The Kier molecular flexibility index (Phi) is 3.70. The van der Waals surface area contributed by atoms with Gasteiger partial charge >= 0.3 is 0 Å². The monoisotopic (exact) mass is 225 g/mol. The summed E-state index contributed by atoms with van der Waals surface area (Å²) in [5, 5.41) is 29.2. The first-order valence-corrected chi connectivity index (χ1v) is 4.54. The van der Waals surface area contributed by atoms with Gasteiger partial charge in [0.25, 0.3) is 5.69 Å². The van der Waals surface area contributed by atoms with E-state index in [1.807, 2.05) is 0 Å². The Labute approximate surface area is 91.3 Å². The van der Waals surface area contributed by atoms with Crippen molar-refractivity contribution < 1.29 is 19.9 Å². The van der Waals surface area contributed by atoms with Crippen molar-refractivity contribution in [2.75, 3.05) is 0 Å². The summed E-state index contributed by atoms with van der Waals surface area (Å²) in [7, 11) is 0. The SMILES string of the molecule is CC(=O)[C@@H](O)[C@@H](O)c1ccc([N+](=O)[O-])cc1. The van der Waals surface area contributed by atoms with E-state index in [9.17, 15) is 25.1 Å². The highest BCUT2D eigenvalue weighted by molar-refractivity contribution is 5.81. The lowest BCUT2D eigenvalue weighted by atomic mass is 10.0. The molecule has 0 aliphatic heterocycles. The molecule has 0 aromatic heterocycles. The van der Waals surface area contributed by atoms with E-state index in [0.717, 1.165) is 6.92 Å². The number of carbonyl (C=O) groups excluding carboxylic acids is 1. The van der Waals surface area contributed by atoms with E-state index in [2.05, 4.69) is 0 Å². The van der Waals surface area contributed by atoms with Crippen molar-refractivity contribution in [3.05, 3.63) is 39.9 Å². The standard InChI is InChI=1S/C10H11NO5/c1-6(12)9(13)10(14)7-2-4-8(5-3-7)11(15)16/h2-5,9-10,13-14H,1H3/t9-,10+/m1/s1. The minimum absolute atomic E-state index is 0.117. The number of hydrogen-bond acceptors (Lipinski definition) is 5. The second-order valence-electron chi connectivity index (χ2n) is 3.35. The highest BCUT2D eigenvalue weighted by Gasteiger charge is 2.22. The molecule has 0 bridgehead atoms. The number of hydrogen-bond donors (Lipinski definition) is 2. The first-order chi connectivity index (χ1) is 7.43. The van der Waals surface area contributed by atoms with Crippen molar-refractivity contribution in [1.82, 2.24) is 0 Å². The third-order valence-electron chi connectivity index (χ3n) is 2.16. The molecule has 0 aliphatic carbocycles. The molecule has 1 aromatic carbocycles. The molecule has 6 nitrogen and oxygen atoms in total. The highest BCUT2D eigenvalue weighted by atomic mass is 16.6. The van der Waals surface area contributed by atoms with E-state index in [1.165, 1.54) is 24.3 Å². The molecule has 0 saturated carbocycles. The van der Waals surface area contributed by atoms with Crippen molar-refractivity contribution in [3.63, 3.8) is 0 Å². The van der Waals surface area contributed by atoms with Gasteiger partial charge in [0.2, 0.25) is 0 Å². The number of rotatable bonds is 4. The summed E-state index contributed by atoms with van der Waals surface area (Å²) in [6.07, 6.45) is -2.88. The van der Waals surface area contributed by atoms with Gasteiger partial charge < -0.3 is 10.2 Å². The second kappa shape index (κ2) is 4.82. The zero-order chi connectivity index (χ0) is 12.3. The maximum absolute atomic E-state index is 10.8. The molecule has 1 rings (SSSR count). The van der Waals surface area contributed by atoms with E-state index in [1.54, 1.807) is 0 Å². The van der Waals surface area contributed by atoms with Crippen LogP contribution in [0.25, 0.3) is 0 Å². The average Bonchev–Trinajstić information content (AvgIpc) is 2.27. The first-order valence-electron chi connectivity index (χ1n) is 4.54. The van der Waals surface area contributed by atoms with Crippen LogP contribution in [0.2, 0.25) is 0 Å². The Balaban J connectivity index is 2.89. The van der Waals surface area contributed by atoms with Crippen LogP contribution in [0.5, 0.6) is 0 Å². The number of aliphatic hydroxyl groups excluding tert-OH is 2. The normalized spacial score (nSPS) is 14.2. The zero-order valence-electron chi connectivity index (χ0n) is 8.53. The van der Waals surface area contributed by atoms with E-state index in [4.69, 9.17) is 0 Å². The van der Waals surface area contributed by atoms with Crippen molar-refractivity contribution >= 4 is 11.5 Å². The molecule has 1 aromatic rings. The van der Waals surface area contributed by atoms with Crippen LogP contribution in [0, 0.1) is 10.1 Å². The maximum Gasteiger partial charge on any atom is 0.269 e. The Bertz CT molecular complexity index is 400. The van der Waals surface area contributed by atoms with Crippen LogP contribution in [-0.4, -0.2) is 27.0 Å². The van der Waals surface area contributed by atoms with Gasteiger partial charge in [0.15, 0.2) is 5.78 Å². The molecule has 0 amide bonds. The van der Waals surface area contributed by atoms with Crippen LogP contribution >= 0.6 is 0 Å². The molecule has 2 atom stereocenters. The molecule has 0 radical (unpaired) electrons. The van der Waals surface area contributed by atoms with Crippen LogP contribution in [0.1, 0.15) is 18.6 Å². The lowest BCUT2D eigenvalue weighted by Crippen LogP contribution is -2.25. The molecule has 16 heavy (non-hydrogen) atoms. The summed E-state index contributed by atoms with van der Waals surface area (Å²) < 4.78 is 0. The fourth-order valence-electron chi connectivity index (χ4n) is 1.20. The number of nitrogens with zero attached hydrogens (tertiary/aromatic N) is 1. The molecule has 0 aliphatic rings. The van der Waals surface area contributed by atoms with Crippen LogP contribution in [-0.2, 0) is 4.79 Å². The maximum atomic E-state index is 10.8. The van der Waals surface area contributed by atoms with Gasteiger partial charge in [-0.25, -0.2) is 0 Å². The average molecular weight is 225 g/mol. The Hall–Kier alpha value is -1.79. The second-order valence-corrected chi connectivity index (χ2v) is 3.35. The summed E-state index contributed by atoms with van der Waals surface area (Å²) in [5.41, 5.74) is 0.140. The number of carbonyl (C=O) groups is 1. The predicted octanol–water partition coefficient (Wildman–Crippen LogP) is 0.578. The minimum Gasteiger partial charge on any atom is -0.385 e. The smallest absolute Gasteiger partial charge is 0.269 e. The quantitative estimate of drug-likeness (QED) is 0.576. The van der Waals surface area contributed by atoms with Crippen molar-refractivity contribution in [3.8, 4) is 0 Å². The van der Waals surface area contributed by atoms with Gasteiger partial charge in [0.05, 0.1) is 4.92 Å². The molecule has 6 heteroatoms. The largest absolute Gasteiger partial charge is 0.385 e. The molecule has 2 N–H and O–H groups in total. The number of nitro benzene ring substituents is 1. The van der Waals surface area contributed by atoms with E-state index in [-0.39, 0.29) is 11.3 Å². The number of benzene rings is 1. The summed E-state index contributed by atoms with van der Waals surface area (Å²) in [6, 6.07) is 5.00. The number of ketones is 1. The highest BCUT2D eigenvalue weighted by Crippen LogP contribution is 2.20. The minimum atomic E-state index is -1.51. The molecule has 0 fully saturated rings. The number of non-ortho nitro benzene ring substituents is 1. The van der Waals surface area contributed by atoms with Gasteiger partial charge in [0, 0.05) is 12.1 Å². The van der Waals surface area contributed by atoms with Gasteiger partial charge in [0.1, 0.15) is 12.2 Å². The van der Waals surface area contributed by atoms with Crippen LogP contribution in [0.3, 0.4) is 0 Å². The van der Waals surface area contributed by atoms with E-state index >= 15 is 0 Å². The van der Waals surface area contributed by atoms with Crippen LogP contribution in [0.15, 0.2) is 24.3 Å². The van der Waals surface area contributed by atoms with Crippen LogP contribution in [0.4, 0.5) is 5.69 Å². The van der Waals surface area contributed by atoms with Crippen molar-refractivity contribution in [2.45, 2.75) is 19.1 Å². The Morgan fingerprint density at radius 2 is 1.81 bits per heavy atom. The topological polar surface area (TPSA) is 101 Å². The Morgan fingerprint density at radius 3 is 2.19 bits per heavy atom. The fourth-order valence-corrected chi connectivity index (χ4v) is 1.20. The van der Waals surface area contributed by atoms with Crippen molar-refractivity contribution in [2.24, 2.45) is 0 Å². The first kappa shape index (κ1) is 12.3. The van der Waals surface area contributed by atoms with Gasteiger partial charge in [-0.1, -0.05) is 0 Å². The molecule has 0 heterocycles. The number of Topliss-reactive ketones (excluding diaryl/α,β-unsaturated/α-hetero) is 1. The predicted molar refractivity (Wildman–Crippen MR) is 54.7 cm³/mol. The lowest BCUT2D eigenvalue weighted by Gasteiger charge is -2.14. The Morgan fingerprint density at radius 1 is 1.31 bits per heavy atom. The summed E-state index contributed by atoms with van der Waals surface area (Å²) in [4.78, 5) is 20.6. The molecular weight excluding hydrogens is 214 g/mol. The summed E-state index contributed by atoms with van der Waals surface area (Å²) >= 11 is 0. The van der Waals surface area contributed by atoms with Gasteiger partial charge in [-0.2, -0.15) is 0 Å². The molecule has 0 spiro atoms. The van der Waals surface area contributed by atoms with Gasteiger partial charge in [-0.05, 0) is 24.6 Å². The van der Waals surface area contributed by atoms with Gasteiger partial charge in [-0.15, -0.1) is 0 Å². The fraction of sp³-hybridized carbons (Fsp3) is 0.300. The lowest BCUT2D eigenvalue weighted by molar-refractivity contribution is -0.384. The third-order valence-corrected chi connectivity index (χ3v) is 2.16. The van der Waals surface area contributed by atoms with Crippen LogP contribution < -0.4 is 0 Å². The number of nitro groups is 1. The molecular formula is C10H11NO5. The molecule has 0 saturated heterocycles. The van der Waals surface area contributed by atoms with E-state index < -0.39 is 22.9 Å². The number of aliphatic hydroxyl groups is 2. The summed E-state index contributed by atoms with van der Waals surface area (Å²) in [6.45, 7) is 1.15. The molecule has 86 valence electrons. The van der Waals surface area contributed by atoms with Gasteiger partial charge in [-0.3, -0.25) is 14.9 Å².